The summed E-state index contributed by atoms with van der Waals surface area (Å²) in [5.41, 5.74) is 0.130. The number of hydrogen-bond acceptors (Lipinski definition) is 9. The van der Waals surface area contributed by atoms with Gasteiger partial charge in [-0.3, -0.25) is 4.79 Å². The molecule has 3 aromatic carbocycles. The molecule has 2 aliphatic rings. The zero-order valence-electron chi connectivity index (χ0n) is 28.5. The Labute approximate surface area is 346 Å². The molecule has 16 heteroatoms. The van der Waals surface area contributed by atoms with E-state index < -0.39 is 51.5 Å². The first-order valence-corrected chi connectivity index (χ1v) is 18.0. The first kappa shape index (κ1) is 42.6. The minimum Gasteiger partial charge on any atom is -0.859 e. The average Bonchev–Trinajstić information content (AvgIpc) is 3.01. The summed E-state index contributed by atoms with van der Waals surface area (Å²) >= 11 is 13.0. The summed E-state index contributed by atoms with van der Waals surface area (Å²) in [6.07, 6.45) is 3.57. The van der Waals surface area contributed by atoms with Crippen LogP contribution in [0.25, 0.3) is 0 Å². The van der Waals surface area contributed by atoms with Crippen molar-refractivity contribution in [1.82, 2.24) is 9.62 Å². The van der Waals surface area contributed by atoms with E-state index >= 15 is 0 Å². The molecule has 1 aliphatic carbocycles. The van der Waals surface area contributed by atoms with Gasteiger partial charge in [-0.1, -0.05) is 72.4 Å². The number of carboxylic acid groups (broad SMARTS) is 1. The summed E-state index contributed by atoms with van der Waals surface area (Å²) < 4.78 is 33.1. The summed E-state index contributed by atoms with van der Waals surface area (Å²) in [5, 5.41) is 30.1. The van der Waals surface area contributed by atoms with Crippen LogP contribution in [0.3, 0.4) is 0 Å². The predicted molar refractivity (Wildman–Crippen MR) is 177 cm³/mol. The number of carbonyl (C=O) groups is 2. The summed E-state index contributed by atoms with van der Waals surface area (Å²) in [5.74, 6) is -3.25. The van der Waals surface area contributed by atoms with Gasteiger partial charge in [0.25, 0.3) is 5.91 Å². The quantitative estimate of drug-likeness (QED) is 0.101. The molecule has 1 fully saturated rings. The molecule has 1 N–H and O–H groups in total. The van der Waals surface area contributed by atoms with Crippen molar-refractivity contribution in [3.05, 3.63) is 99.0 Å². The second kappa shape index (κ2) is 17.8. The Kier molecular flexibility index (Phi) is 15.1. The SMILES string of the molecule is CC(C)(Oc1cccc(CON=C([O-])[C@@H]2c3ccccc3C(=O)N([C@H]3CCCC[C@@H]3NS(C)(=O)=O)[C@H]2c2ccc(Cl)cc2Cl)c1)C(=O)[O-].[Na+].[Na+]. The molecular weight excluding hydrogens is 727 g/mol. The number of benzene rings is 3. The zero-order chi connectivity index (χ0) is 34.8. The van der Waals surface area contributed by atoms with Crippen LogP contribution in [0.2, 0.25) is 10.0 Å². The van der Waals surface area contributed by atoms with E-state index in [1.165, 1.54) is 19.9 Å². The minimum absolute atomic E-state index is 0. The van der Waals surface area contributed by atoms with E-state index in [-0.39, 0.29) is 88.0 Å². The fourth-order valence-corrected chi connectivity index (χ4v) is 7.72. The van der Waals surface area contributed by atoms with Gasteiger partial charge >= 0.3 is 59.1 Å². The molecule has 256 valence electrons. The van der Waals surface area contributed by atoms with Crippen LogP contribution >= 0.6 is 23.2 Å². The number of rotatable bonds is 11. The monoisotopic (exact) mass is 761 g/mol. The van der Waals surface area contributed by atoms with Gasteiger partial charge in [-0.2, -0.15) is 0 Å². The zero-order valence-corrected chi connectivity index (χ0v) is 34.8. The topological polar surface area (TPSA) is 160 Å². The number of ether oxygens (including phenoxy) is 1. The number of nitrogens with zero attached hydrogens (tertiary/aromatic N) is 2. The largest absolute Gasteiger partial charge is 1.00 e. The van der Waals surface area contributed by atoms with Gasteiger partial charge in [0.2, 0.25) is 10.0 Å². The molecule has 0 radical (unpaired) electrons. The molecule has 0 bridgehead atoms. The average molecular weight is 763 g/mol. The number of halogens is 2. The van der Waals surface area contributed by atoms with Crippen molar-refractivity contribution in [2.24, 2.45) is 5.16 Å². The first-order valence-electron chi connectivity index (χ1n) is 15.4. The molecule has 0 spiro atoms. The Bertz CT molecular complexity index is 1850. The third-order valence-electron chi connectivity index (χ3n) is 8.52. The van der Waals surface area contributed by atoms with Crippen molar-refractivity contribution in [2.75, 3.05) is 6.26 Å². The second-order valence-corrected chi connectivity index (χ2v) is 15.1. The number of amides is 1. The van der Waals surface area contributed by atoms with Crippen molar-refractivity contribution < 1.29 is 96.9 Å². The number of aliphatic carboxylic acids is 1. The first-order chi connectivity index (χ1) is 22.7. The van der Waals surface area contributed by atoms with Gasteiger partial charge in [0, 0.05) is 39.5 Å². The van der Waals surface area contributed by atoms with Crippen LogP contribution in [0.5, 0.6) is 5.75 Å². The van der Waals surface area contributed by atoms with Crippen LogP contribution in [0, 0.1) is 0 Å². The molecule has 1 amide bonds. The minimum atomic E-state index is -3.63. The van der Waals surface area contributed by atoms with Gasteiger partial charge < -0.3 is 29.5 Å². The number of carbonyl (C=O) groups excluding carboxylic acids is 2. The maximum atomic E-state index is 14.4. The van der Waals surface area contributed by atoms with Crippen LogP contribution in [0.4, 0.5) is 0 Å². The molecule has 4 atom stereocenters. The third-order valence-corrected chi connectivity index (χ3v) is 9.82. The van der Waals surface area contributed by atoms with Crippen LogP contribution in [-0.4, -0.2) is 55.0 Å². The predicted octanol–water partition coefficient (Wildman–Crippen LogP) is -2.06. The van der Waals surface area contributed by atoms with Crippen LogP contribution < -0.4 is 78.8 Å². The number of hydrogen-bond donors (Lipinski definition) is 1. The molecule has 50 heavy (non-hydrogen) atoms. The Morgan fingerprint density at radius 2 is 1.70 bits per heavy atom. The fraction of sp³-hybridized carbons (Fsp3) is 0.382. The Morgan fingerprint density at radius 3 is 2.38 bits per heavy atom. The van der Waals surface area contributed by atoms with Gasteiger partial charge in [0.15, 0.2) is 0 Å². The van der Waals surface area contributed by atoms with E-state index in [2.05, 4.69) is 9.88 Å². The summed E-state index contributed by atoms with van der Waals surface area (Å²) in [6, 6.07) is 15.8. The number of nitrogens with one attached hydrogen (secondary N) is 1. The molecule has 5 rings (SSSR count). The second-order valence-electron chi connectivity index (χ2n) is 12.5. The van der Waals surface area contributed by atoms with E-state index in [4.69, 9.17) is 32.8 Å². The molecule has 0 saturated heterocycles. The van der Waals surface area contributed by atoms with Crippen LogP contribution in [0.15, 0.2) is 71.9 Å². The maximum absolute atomic E-state index is 14.4. The molecular formula is C34H35Cl2N3Na2O8S. The van der Waals surface area contributed by atoms with Crippen molar-refractivity contribution >= 4 is 51.0 Å². The van der Waals surface area contributed by atoms with E-state index in [9.17, 15) is 28.2 Å². The van der Waals surface area contributed by atoms with Crippen molar-refractivity contribution in [3.63, 3.8) is 0 Å². The normalized spacial score (nSPS) is 20.9. The van der Waals surface area contributed by atoms with Gasteiger partial charge in [-0.15, -0.1) is 5.16 Å². The number of fused-ring (bicyclic) bond motifs is 1. The fourth-order valence-electron chi connectivity index (χ4n) is 6.37. The Balaban J connectivity index is 0.00000338. The summed E-state index contributed by atoms with van der Waals surface area (Å²) in [6.45, 7) is 2.58. The van der Waals surface area contributed by atoms with Crippen LogP contribution in [-0.2, 0) is 26.3 Å². The smallest absolute Gasteiger partial charge is 0.859 e. The number of oxime groups is 1. The molecule has 0 unspecified atom stereocenters. The van der Waals surface area contributed by atoms with Crippen molar-refractivity contribution in [3.8, 4) is 5.75 Å². The third kappa shape index (κ3) is 9.97. The summed E-state index contributed by atoms with van der Waals surface area (Å²) in [7, 11) is -3.63. The number of sulfonamides is 1. The van der Waals surface area contributed by atoms with E-state index in [0.29, 0.717) is 34.6 Å². The molecule has 3 aromatic rings. The van der Waals surface area contributed by atoms with Gasteiger partial charge in [0.05, 0.1) is 18.3 Å². The van der Waals surface area contributed by atoms with Crippen molar-refractivity contribution in [1.29, 1.82) is 0 Å². The van der Waals surface area contributed by atoms with E-state index in [0.717, 1.165) is 19.1 Å². The number of carboxylic acids is 1. The molecule has 0 aromatic heterocycles. The van der Waals surface area contributed by atoms with Gasteiger partial charge in [-0.25, -0.2) is 13.1 Å². The van der Waals surface area contributed by atoms with Gasteiger partial charge in [-0.05, 0) is 73.7 Å². The molecule has 11 nitrogen and oxygen atoms in total. The van der Waals surface area contributed by atoms with Crippen molar-refractivity contribution in [2.45, 2.75) is 75.8 Å². The molecule has 1 saturated carbocycles. The van der Waals surface area contributed by atoms with E-state index in [1.807, 2.05) is 0 Å². The Hall–Kier alpha value is -1.84. The van der Waals surface area contributed by atoms with E-state index in [1.54, 1.807) is 65.6 Å². The molecule has 1 aliphatic heterocycles. The summed E-state index contributed by atoms with van der Waals surface area (Å²) in [4.78, 5) is 32.9. The maximum Gasteiger partial charge on any atom is 1.00 e. The van der Waals surface area contributed by atoms with Gasteiger partial charge in [0.1, 0.15) is 18.0 Å². The van der Waals surface area contributed by atoms with Crippen LogP contribution in [0.1, 0.15) is 78.5 Å². The standard InChI is InChI=1S/C34H37Cl2N3O8S.2Na/c1-34(2,33(42)43)47-22-10-8-9-20(17-22)19-46-37-31(40)29-23-11-4-5-12-24(23)32(41)39(30(29)25-16-15-21(35)18-26(25)36)28-14-7-6-13-27(28)38-48(3,44)45;;/h4-5,8-12,15-18,27-30,38H,6-7,13-14,19H2,1-3H3,(H,37,40)(H,42,43);;/q;2*+1/p-2/t27-,28-,29+,30-;;/m0../s1. The Morgan fingerprint density at radius 1 is 1.00 bits per heavy atom. The molecule has 1 heterocycles.